The summed E-state index contributed by atoms with van der Waals surface area (Å²) in [5.74, 6) is -0.144. The highest BCUT2D eigenvalue weighted by Crippen LogP contribution is 2.36. The van der Waals surface area contributed by atoms with E-state index in [0.717, 1.165) is 32.1 Å². The molecule has 0 unspecified atom stereocenters. The molecule has 7 heteroatoms. The smallest absolute Gasteiger partial charge is 0.268 e. The van der Waals surface area contributed by atoms with Crippen molar-refractivity contribution in [3.8, 4) is 17.2 Å². The van der Waals surface area contributed by atoms with Gasteiger partial charge in [-0.15, -0.1) is 6.58 Å². The molecule has 7 nitrogen and oxygen atoms in total. The Bertz CT molecular complexity index is 933. The lowest BCUT2D eigenvalue weighted by Crippen LogP contribution is -2.33. The normalized spacial score (nSPS) is 10.7. The summed E-state index contributed by atoms with van der Waals surface area (Å²) in [6.07, 6.45) is 6.82. The van der Waals surface area contributed by atoms with Gasteiger partial charge in [0, 0.05) is 24.5 Å². The number of aromatic nitrogens is 1. The number of methoxy groups -OCH3 is 2. The summed E-state index contributed by atoms with van der Waals surface area (Å²) in [7, 11) is 2.97. The number of rotatable bonds is 11. The second-order valence-corrected chi connectivity index (χ2v) is 6.82. The number of nitrogens with zero attached hydrogens (tertiary/aromatic N) is 1. The maximum absolute atomic E-state index is 13.0. The van der Waals surface area contributed by atoms with Crippen molar-refractivity contribution in [2.75, 3.05) is 20.8 Å². The number of unbranched alkanes of at least 4 members (excludes halogenated alkanes) is 4. The molecule has 0 spiro atoms. The number of pyridine rings is 1. The van der Waals surface area contributed by atoms with Crippen LogP contribution in [0.3, 0.4) is 0 Å². The van der Waals surface area contributed by atoms with Crippen molar-refractivity contribution in [1.82, 2.24) is 9.88 Å². The second kappa shape index (κ2) is 10.5. The van der Waals surface area contributed by atoms with E-state index in [4.69, 9.17) is 9.47 Å². The second-order valence-electron chi connectivity index (χ2n) is 6.82. The van der Waals surface area contributed by atoms with E-state index in [1.807, 2.05) is 0 Å². The first-order valence-electron chi connectivity index (χ1n) is 9.90. The molecule has 0 saturated heterocycles. The molecule has 0 aliphatic rings. The Hall–Kier alpha value is -2.96. The molecule has 0 aliphatic carbocycles. The van der Waals surface area contributed by atoms with Gasteiger partial charge in [0.25, 0.3) is 11.5 Å². The Labute approximate surface area is 170 Å². The number of amides is 1. The summed E-state index contributed by atoms with van der Waals surface area (Å²) >= 11 is 0. The van der Waals surface area contributed by atoms with Gasteiger partial charge in [0.2, 0.25) is 0 Å². The van der Waals surface area contributed by atoms with Gasteiger partial charge in [-0.25, -0.2) is 0 Å². The molecule has 1 aromatic carbocycles. The number of hydrogen-bond acceptors (Lipinski definition) is 5. The van der Waals surface area contributed by atoms with Crippen molar-refractivity contribution in [2.24, 2.45) is 0 Å². The Balaban J connectivity index is 2.45. The molecule has 1 heterocycles. The third kappa shape index (κ3) is 4.91. The van der Waals surface area contributed by atoms with E-state index in [9.17, 15) is 14.7 Å². The summed E-state index contributed by atoms with van der Waals surface area (Å²) in [6.45, 7) is 6.46. The van der Waals surface area contributed by atoms with Gasteiger partial charge in [0.1, 0.15) is 11.3 Å². The SMILES string of the molecule is C=CCn1c(=O)c(C(=O)NCCCCCCC)c(O)c2cc(OC)c(OC)cc21. The molecule has 0 atom stereocenters. The molecule has 2 aromatic rings. The topological polar surface area (TPSA) is 89.8 Å². The van der Waals surface area contributed by atoms with E-state index in [-0.39, 0.29) is 17.9 Å². The number of ether oxygens (including phenoxy) is 2. The molecule has 0 bridgehead atoms. The molecule has 1 amide bonds. The Morgan fingerprint density at radius 3 is 2.45 bits per heavy atom. The van der Waals surface area contributed by atoms with Crippen LogP contribution in [0.2, 0.25) is 0 Å². The Morgan fingerprint density at radius 1 is 1.17 bits per heavy atom. The van der Waals surface area contributed by atoms with E-state index >= 15 is 0 Å². The van der Waals surface area contributed by atoms with E-state index in [2.05, 4.69) is 18.8 Å². The number of carbonyl (C=O) groups is 1. The van der Waals surface area contributed by atoms with Crippen molar-refractivity contribution in [3.63, 3.8) is 0 Å². The summed E-state index contributed by atoms with van der Waals surface area (Å²) in [5, 5.41) is 13.8. The molecule has 29 heavy (non-hydrogen) atoms. The monoisotopic (exact) mass is 402 g/mol. The Kier molecular flexibility index (Phi) is 8.12. The number of allylic oxidation sites excluding steroid dienone is 1. The van der Waals surface area contributed by atoms with Crippen molar-refractivity contribution in [3.05, 3.63) is 40.7 Å². The lowest BCUT2D eigenvalue weighted by atomic mass is 10.1. The van der Waals surface area contributed by atoms with E-state index in [1.54, 1.807) is 18.2 Å². The van der Waals surface area contributed by atoms with E-state index in [0.29, 0.717) is 28.9 Å². The van der Waals surface area contributed by atoms with Gasteiger partial charge in [-0.1, -0.05) is 38.7 Å². The van der Waals surface area contributed by atoms with Gasteiger partial charge in [-0.05, 0) is 12.5 Å². The minimum absolute atomic E-state index is 0.183. The van der Waals surface area contributed by atoms with Gasteiger partial charge in [0.15, 0.2) is 11.5 Å². The molecule has 1 aromatic heterocycles. The quantitative estimate of drug-likeness (QED) is 0.443. The highest BCUT2D eigenvalue weighted by Gasteiger charge is 2.23. The van der Waals surface area contributed by atoms with Gasteiger partial charge in [-0.3, -0.25) is 9.59 Å². The van der Waals surface area contributed by atoms with Crippen molar-refractivity contribution >= 4 is 16.8 Å². The molecule has 158 valence electrons. The van der Waals surface area contributed by atoms with Crippen LogP contribution in [0.4, 0.5) is 0 Å². The molecule has 0 radical (unpaired) electrons. The molecule has 0 saturated carbocycles. The predicted molar refractivity (Wildman–Crippen MR) is 114 cm³/mol. The summed E-state index contributed by atoms with van der Waals surface area (Å²) < 4.78 is 12.0. The number of hydrogen-bond donors (Lipinski definition) is 2. The van der Waals surface area contributed by atoms with Crippen molar-refractivity contribution < 1.29 is 19.4 Å². The lowest BCUT2D eigenvalue weighted by molar-refractivity contribution is 0.0948. The first-order valence-corrected chi connectivity index (χ1v) is 9.90. The fourth-order valence-corrected chi connectivity index (χ4v) is 3.30. The van der Waals surface area contributed by atoms with Crippen LogP contribution in [0.5, 0.6) is 17.2 Å². The Morgan fingerprint density at radius 2 is 1.83 bits per heavy atom. The highest BCUT2D eigenvalue weighted by molar-refractivity contribution is 6.03. The standard InChI is InChI=1S/C22H30N2O5/c1-5-7-8-9-10-11-23-21(26)19-20(25)15-13-17(28-3)18(29-4)14-16(15)24(12-6-2)22(19)27/h6,13-14,25H,2,5,7-12H2,1,3-4H3,(H,23,26). The minimum atomic E-state index is -0.586. The van der Waals surface area contributed by atoms with Crippen LogP contribution in [0, 0.1) is 0 Å². The molecule has 2 rings (SSSR count). The fraction of sp³-hybridized carbons (Fsp3) is 0.455. The van der Waals surface area contributed by atoms with Gasteiger partial charge < -0.3 is 24.5 Å². The zero-order valence-corrected chi connectivity index (χ0v) is 17.4. The van der Waals surface area contributed by atoms with Gasteiger partial charge >= 0.3 is 0 Å². The first-order chi connectivity index (χ1) is 14.0. The molecular formula is C22H30N2O5. The molecule has 2 N–H and O–H groups in total. The van der Waals surface area contributed by atoms with Crippen LogP contribution in [-0.4, -0.2) is 36.3 Å². The van der Waals surface area contributed by atoms with Gasteiger partial charge in [-0.2, -0.15) is 0 Å². The van der Waals surface area contributed by atoms with Gasteiger partial charge in [0.05, 0.1) is 19.7 Å². The van der Waals surface area contributed by atoms with E-state index < -0.39 is 11.5 Å². The number of aromatic hydroxyl groups is 1. The lowest BCUT2D eigenvalue weighted by Gasteiger charge is -2.16. The number of carbonyl (C=O) groups excluding carboxylic acids is 1. The molecule has 0 fully saturated rings. The molecular weight excluding hydrogens is 372 g/mol. The third-order valence-corrected chi connectivity index (χ3v) is 4.85. The van der Waals surface area contributed by atoms with Crippen LogP contribution in [0.25, 0.3) is 10.9 Å². The maximum atomic E-state index is 13.0. The average Bonchev–Trinajstić information content (AvgIpc) is 2.72. The zero-order chi connectivity index (χ0) is 21.4. The van der Waals surface area contributed by atoms with Crippen LogP contribution in [-0.2, 0) is 6.54 Å². The van der Waals surface area contributed by atoms with Crippen LogP contribution >= 0.6 is 0 Å². The van der Waals surface area contributed by atoms with Crippen molar-refractivity contribution in [2.45, 2.75) is 45.6 Å². The maximum Gasteiger partial charge on any atom is 0.268 e. The van der Waals surface area contributed by atoms with Crippen LogP contribution < -0.4 is 20.3 Å². The third-order valence-electron chi connectivity index (χ3n) is 4.85. The average molecular weight is 402 g/mol. The largest absolute Gasteiger partial charge is 0.506 e. The predicted octanol–water partition coefficient (Wildman–Crippen LogP) is 3.61. The number of fused-ring (bicyclic) bond motifs is 1. The molecule has 0 aliphatic heterocycles. The van der Waals surface area contributed by atoms with E-state index in [1.165, 1.54) is 18.8 Å². The summed E-state index contributed by atoms with van der Waals surface area (Å²) in [4.78, 5) is 25.7. The fourth-order valence-electron chi connectivity index (χ4n) is 3.30. The summed E-state index contributed by atoms with van der Waals surface area (Å²) in [5.41, 5.74) is -0.424. The van der Waals surface area contributed by atoms with Crippen LogP contribution in [0.1, 0.15) is 49.4 Å². The summed E-state index contributed by atoms with van der Waals surface area (Å²) in [6, 6.07) is 3.16. The number of benzene rings is 1. The van der Waals surface area contributed by atoms with Crippen LogP contribution in [0.15, 0.2) is 29.6 Å². The first kappa shape index (κ1) is 22.3. The van der Waals surface area contributed by atoms with Crippen molar-refractivity contribution in [1.29, 1.82) is 0 Å². The highest BCUT2D eigenvalue weighted by atomic mass is 16.5. The minimum Gasteiger partial charge on any atom is -0.506 e. The number of nitrogens with one attached hydrogen (secondary N) is 1. The zero-order valence-electron chi connectivity index (χ0n) is 17.4.